The normalized spacial score (nSPS) is 15.0. The molecule has 1 aliphatic heterocycles. The van der Waals surface area contributed by atoms with Crippen LogP contribution < -0.4 is 5.56 Å². The lowest BCUT2D eigenvalue weighted by Gasteiger charge is -2.31. The highest BCUT2D eigenvalue weighted by Crippen LogP contribution is 2.25. The quantitative estimate of drug-likeness (QED) is 0.608. The summed E-state index contributed by atoms with van der Waals surface area (Å²) < 4.78 is 7.03. The van der Waals surface area contributed by atoms with Crippen molar-refractivity contribution in [1.82, 2.24) is 14.5 Å². The van der Waals surface area contributed by atoms with Gasteiger partial charge in [0.25, 0.3) is 5.56 Å². The number of aliphatic hydroxyl groups excluding tert-OH is 1. The maximum absolute atomic E-state index is 13.3. The Labute approximate surface area is 174 Å². The second kappa shape index (κ2) is 8.59. The number of carbonyl (C=O) groups excluding carboxylic acids is 1. The van der Waals surface area contributed by atoms with E-state index >= 15 is 0 Å². The zero-order chi connectivity index (χ0) is 21.2. The van der Waals surface area contributed by atoms with Gasteiger partial charge in [-0.15, -0.1) is 0 Å². The summed E-state index contributed by atoms with van der Waals surface area (Å²) in [5.74, 6) is 0. The molecule has 0 radical (unpaired) electrons. The zero-order valence-corrected chi connectivity index (χ0v) is 18.0. The molecule has 1 unspecified atom stereocenters. The number of aromatic nitrogens is 2. The molecule has 0 aliphatic carbocycles. The third-order valence-corrected chi connectivity index (χ3v) is 5.39. The number of hydrogen-bond donors (Lipinski definition) is 1. The summed E-state index contributed by atoms with van der Waals surface area (Å²) in [6.45, 7) is 5.90. The van der Waals surface area contributed by atoms with Crippen molar-refractivity contribution in [3.8, 4) is 0 Å². The summed E-state index contributed by atoms with van der Waals surface area (Å²) in [6, 6.07) is 8.93. The lowest BCUT2D eigenvalue weighted by Crippen LogP contribution is -2.43. The molecule has 29 heavy (non-hydrogen) atoms. The van der Waals surface area contributed by atoms with Crippen LogP contribution in [-0.2, 0) is 17.7 Å². The largest absolute Gasteiger partial charge is 0.444 e. The standard InChI is InChI=1S/C21H27N3O4S/c1-21(2,3)28-20(27)23-11-10-15-16(12-23)22-19(29-4)24(18(15)26)17(13-25)14-8-6-5-7-9-14/h5-9,17,25H,10-13H2,1-4H3. The minimum Gasteiger partial charge on any atom is -0.444 e. The average molecular weight is 418 g/mol. The van der Waals surface area contributed by atoms with Crippen molar-refractivity contribution < 1.29 is 14.6 Å². The molecule has 0 bridgehead atoms. The molecule has 0 fully saturated rings. The van der Waals surface area contributed by atoms with Crippen molar-refractivity contribution in [1.29, 1.82) is 0 Å². The van der Waals surface area contributed by atoms with Crippen LogP contribution in [0.25, 0.3) is 0 Å². The maximum Gasteiger partial charge on any atom is 0.410 e. The van der Waals surface area contributed by atoms with Crippen LogP contribution in [0, 0.1) is 0 Å². The van der Waals surface area contributed by atoms with Gasteiger partial charge in [-0.1, -0.05) is 42.1 Å². The van der Waals surface area contributed by atoms with Crippen LogP contribution in [0.2, 0.25) is 0 Å². The first-order valence-corrected chi connectivity index (χ1v) is 10.8. The van der Waals surface area contributed by atoms with Crippen molar-refractivity contribution in [3.63, 3.8) is 0 Å². The lowest BCUT2D eigenvalue weighted by atomic mass is 10.0. The van der Waals surface area contributed by atoms with Crippen LogP contribution in [0.3, 0.4) is 0 Å². The first kappa shape index (κ1) is 21.4. The highest BCUT2D eigenvalue weighted by atomic mass is 32.2. The van der Waals surface area contributed by atoms with Gasteiger partial charge in [-0.25, -0.2) is 9.78 Å². The van der Waals surface area contributed by atoms with Crippen LogP contribution in [-0.4, -0.2) is 50.7 Å². The Kier molecular flexibility index (Phi) is 6.33. The van der Waals surface area contributed by atoms with Crippen molar-refractivity contribution in [2.24, 2.45) is 0 Å². The van der Waals surface area contributed by atoms with E-state index in [1.165, 1.54) is 11.8 Å². The van der Waals surface area contributed by atoms with Gasteiger partial charge in [-0.3, -0.25) is 9.36 Å². The fourth-order valence-electron chi connectivity index (χ4n) is 3.39. The van der Waals surface area contributed by atoms with E-state index < -0.39 is 17.7 Å². The highest BCUT2D eigenvalue weighted by molar-refractivity contribution is 7.98. The van der Waals surface area contributed by atoms with Gasteiger partial charge in [-0.05, 0) is 39.0 Å². The maximum atomic E-state index is 13.3. The van der Waals surface area contributed by atoms with E-state index in [1.54, 1.807) is 9.47 Å². The fourth-order valence-corrected chi connectivity index (χ4v) is 4.00. The number of aliphatic hydroxyl groups is 1. The third-order valence-electron chi connectivity index (χ3n) is 4.74. The Balaban J connectivity index is 1.98. The average Bonchev–Trinajstić information content (AvgIpc) is 2.69. The van der Waals surface area contributed by atoms with E-state index in [0.717, 1.165) is 5.56 Å². The fraction of sp³-hybridized carbons (Fsp3) is 0.476. The number of thioether (sulfide) groups is 1. The SMILES string of the molecule is CSc1nc2c(c(=O)n1C(CO)c1ccccc1)CCN(C(=O)OC(C)(C)C)C2. The zero-order valence-electron chi connectivity index (χ0n) is 17.2. The number of benzene rings is 1. The molecule has 1 atom stereocenters. The van der Waals surface area contributed by atoms with Gasteiger partial charge >= 0.3 is 6.09 Å². The molecule has 2 aromatic rings. The molecule has 1 aromatic heterocycles. The Morgan fingerprint density at radius 3 is 2.59 bits per heavy atom. The number of nitrogens with zero attached hydrogens (tertiary/aromatic N) is 3. The summed E-state index contributed by atoms with van der Waals surface area (Å²) in [5.41, 5.74) is 1.30. The molecule has 8 heteroatoms. The highest BCUT2D eigenvalue weighted by Gasteiger charge is 2.30. The van der Waals surface area contributed by atoms with Gasteiger partial charge in [0.1, 0.15) is 5.60 Å². The predicted molar refractivity (Wildman–Crippen MR) is 112 cm³/mol. The van der Waals surface area contributed by atoms with E-state index in [2.05, 4.69) is 4.98 Å². The molecule has 1 aromatic carbocycles. The first-order valence-electron chi connectivity index (χ1n) is 9.57. The molecule has 156 valence electrons. The van der Waals surface area contributed by atoms with Crippen molar-refractivity contribution in [2.45, 2.75) is 50.5 Å². The summed E-state index contributed by atoms with van der Waals surface area (Å²) >= 11 is 1.35. The van der Waals surface area contributed by atoms with E-state index in [9.17, 15) is 14.7 Å². The Bertz CT molecular complexity index is 937. The smallest absolute Gasteiger partial charge is 0.410 e. The molecule has 1 aliphatic rings. The van der Waals surface area contributed by atoms with Crippen LogP contribution >= 0.6 is 11.8 Å². The first-order chi connectivity index (χ1) is 13.7. The van der Waals surface area contributed by atoms with Crippen molar-refractivity contribution >= 4 is 17.9 Å². The van der Waals surface area contributed by atoms with E-state index in [-0.39, 0.29) is 18.7 Å². The minimum atomic E-state index is -0.581. The number of fused-ring (bicyclic) bond motifs is 1. The number of ether oxygens (including phenoxy) is 1. The van der Waals surface area contributed by atoms with Gasteiger partial charge in [0.05, 0.1) is 24.9 Å². The van der Waals surface area contributed by atoms with Gasteiger partial charge < -0.3 is 14.7 Å². The molecule has 0 spiro atoms. The van der Waals surface area contributed by atoms with Gasteiger partial charge in [0.2, 0.25) is 0 Å². The molecule has 1 amide bonds. The molecule has 0 saturated heterocycles. The van der Waals surface area contributed by atoms with Gasteiger partial charge in [0, 0.05) is 12.1 Å². The summed E-state index contributed by atoms with van der Waals surface area (Å²) in [4.78, 5) is 32.0. The molecular formula is C21H27N3O4S. The lowest BCUT2D eigenvalue weighted by molar-refractivity contribution is 0.0219. The van der Waals surface area contributed by atoms with Gasteiger partial charge in [-0.2, -0.15) is 0 Å². The summed E-state index contributed by atoms with van der Waals surface area (Å²) in [6.07, 6.45) is 1.85. The third kappa shape index (κ3) is 4.64. The number of carbonyl (C=O) groups is 1. The molecule has 3 rings (SSSR count). The molecule has 2 heterocycles. The topological polar surface area (TPSA) is 84.7 Å². The van der Waals surface area contributed by atoms with Crippen LogP contribution in [0.4, 0.5) is 4.79 Å². The van der Waals surface area contributed by atoms with Crippen LogP contribution in [0.5, 0.6) is 0 Å². The molecular weight excluding hydrogens is 390 g/mol. The Morgan fingerprint density at radius 2 is 2.00 bits per heavy atom. The Hall–Kier alpha value is -2.32. The number of rotatable bonds is 4. The monoisotopic (exact) mass is 417 g/mol. The van der Waals surface area contributed by atoms with Crippen molar-refractivity contribution in [2.75, 3.05) is 19.4 Å². The molecule has 0 saturated carbocycles. The summed E-state index contributed by atoms with van der Waals surface area (Å²) in [5, 5.41) is 10.6. The van der Waals surface area contributed by atoms with E-state index in [4.69, 9.17) is 4.74 Å². The van der Waals surface area contributed by atoms with Crippen LogP contribution in [0.15, 0.2) is 40.3 Å². The van der Waals surface area contributed by atoms with Crippen molar-refractivity contribution in [3.05, 3.63) is 57.5 Å². The number of amides is 1. The minimum absolute atomic E-state index is 0.161. The Morgan fingerprint density at radius 1 is 1.31 bits per heavy atom. The number of hydrogen-bond acceptors (Lipinski definition) is 6. The van der Waals surface area contributed by atoms with Crippen LogP contribution in [0.1, 0.15) is 43.6 Å². The second-order valence-electron chi connectivity index (χ2n) is 7.96. The predicted octanol–water partition coefficient (Wildman–Crippen LogP) is 2.84. The summed E-state index contributed by atoms with van der Waals surface area (Å²) in [7, 11) is 0. The molecule has 7 nitrogen and oxygen atoms in total. The van der Waals surface area contributed by atoms with E-state index in [1.807, 2.05) is 57.4 Å². The molecule has 1 N–H and O–H groups in total. The van der Waals surface area contributed by atoms with Gasteiger partial charge in [0.15, 0.2) is 5.16 Å². The van der Waals surface area contributed by atoms with E-state index in [0.29, 0.717) is 29.4 Å². The second-order valence-corrected chi connectivity index (χ2v) is 8.73.